The summed E-state index contributed by atoms with van der Waals surface area (Å²) in [5.41, 5.74) is 11.1. The van der Waals surface area contributed by atoms with E-state index in [2.05, 4.69) is 9.97 Å². The van der Waals surface area contributed by atoms with Gasteiger partial charge in [0.2, 0.25) is 0 Å². The molecule has 2 aliphatic rings. The van der Waals surface area contributed by atoms with Gasteiger partial charge < -0.3 is 40.2 Å². The van der Waals surface area contributed by atoms with Gasteiger partial charge in [-0.05, 0) is 34.6 Å². The molecular weight excluding hydrogens is 469 g/mol. The molecule has 0 saturated carbocycles. The Hall–Kier alpha value is -2.12. The van der Waals surface area contributed by atoms with Gasteiger partial charge in [-0.15, -0.1) is 0 Å². The summed E-state index contributed by atoms with van der Waals surface area (Å²) in [6.07, 6.45) is -3.36. The molecule has 13 nitrogen and oxygen atoms in total. The van der Waals surface area contributed by atoms with Crippen molar-refractivity contribution in [1.82, 2.24) is 14.5 Å². The van der Waals surface area contributed by atoms with Crippen LogP contribution in [-0.2, 0) is 23.1 Å². The normalized spacial score (nSPS) is 33.5. The molecule has 2 aromatic heterocycles. The number of primary amides is 1. The third-order valence-corrected chi connectivity index (χ3v) is 8.24. The summed E-state index contributed by atoms with van der Waals surface area (Å²) in [7, 11) is -3.30. The fourth-order valence-corrected chi connectivity index (χ4v) is 5.88. The van der Waals surface area contributed by atoms with Crippen LogP contribution in [-0.4, -0.2) is 73.1 Å². The second kappa shape index (κ2) is 8.23. The maximum Gasteiger partial charge on any atom is 0.366 e. The van der Waals surface area contributed by atoms with Gasteiger partial charge in [0, 0.05) is 6.20 Å². The molecule has 4 rings (SSSR count). The minimum absolute atomic E-state index is 0.0579. The van der Waals surface area contributed by atoms with Crippen molar-refractivity contribution in [3.63, 3.8) is 0 Å². The summed E-state index contributed by atoms with van der Waals surface area (Å²) in [5.74, 6) is -0.356. The van der Waals surface area contributed by atoms with Gasteiger partial charge in [-0.2, -0.15) is 0 Å². The molecule has 6 unspecified atom stereocenters. The quantitative estimate of drug-likeness (QED) is 0.310. The predicted molar refractivity (Wildman–Crippen MR) is 120 cm³/mol. The van der Waals surface area contributed by atoms with Crippen LogP contribution in [0.15, 0.2) is 6.20 Å². The Morgan fingerprint density at radius 3 is 2.62 bits per heavy atom. The number of aryl methyl sites for hydroxylation is 1. The van der Waals surface area contributed by atoms with Gasteiger partial charge in [-0.3, -0.25) is 13.9 Å². The minimum atomic E-state index is -3.30. The van der Waals surface area contributed by atoms with Gasteiger partial charge in [0.25, 0.3) is 5.91 Å². The number of carbonyl (C=O) groups excluding carboxylic acids is 1. The van der Waals surface area contributed by atoms with E-state index in [1.54, 1.807) is 34.6 Å². The number of aromatic nitrogens is 3. The molecule has 2 saturated heterocycles. The van der Waals surface area contributed by atoms with Gasteiger partial charge >= 0.3 is 7.60 Å². The zero-order valence-corrected chi connectivity index (χ0v) is 20.5. The van der Waals surface area contributed by atoms with Gasteiger partial charge in [-0.25, -0.2) is 9.97 Å². The van der Waals surface area contributed by atoms with Crippen molar-refractivity contribution in [1.29, 1.82) is 0 Å². The molecule has 6 atom stereocenters. The van der Waals surface area contributed by atoms with Crippen LogP contribution in [0.2, 0.25) is 0 Å². The third-order valence-electron chi connectivity index (χ3n) is 5.60. The highest BCUT2D eigenvalue weighted by Crippen LogP contribution is 2.79. The largest absolute Gasteiger partial charge is 0.387 e. The van der Waals surface area contributed by atoms with Crippen LogP contribution in [0, 0.1) is 6.92 Å². The van der Waals surface area contributed by atoms with E-state index in [0.29, 0.717) is 5.82 Å². The first kappa shape index (κ1) is 25.0. The molecule has 2 aliphatic heterocycles. The number of ether oxygens (including phenoxy) is 2. The Balaban J connectivity index is 1.49. The molecule has 2 aromatic rings. The molecule has 14 heteroatoms. The maximum absolute atomic E-state index is 12.7. The van der Waals surface area contributed by atoms with Crippen molar-refractivity contribution >= 4 is 30.4 Å². The van der Waals surface area contributed by atoms with E-state index in [1.165, 1.54) is 10.8 Å². The lowest BCUT2D eigenvalue weighted by atomic mass is 10.1. The monoisotopic (exact) mass is 499 g/mol. The Morgan fingerprint density at radius 1 is 1.32 bits per heavy atom. The smallest absolute Gasteiger partial charge is 0.366 e. The molecule has 188 valence electrons. The summed E-state index contributed by atoms with van der Waals surface area (Å²) in [4.78, 5) is 20.3. The number of nitrogens with zero attached hydrogens (tertiary/aromatic N) is 3. The number of aliphatic hydroxyl groups is 2. The Labute approximate surface area is 195 Å². The second-order valence-electron chi connectivity index (χ2n) is 9.70. The number of anilines is 1. The zero-order valence-electron chi connectivity index (χ0n) is 19.6. The lowest BCUT2D eigenvalue weighted by molar-refractivity contribution is -0.0700. The van der Waals surface area contributed by atoms with Gasteiger partial charge in [-0.1, -0.05) is 0 Å². The fraction of sp³-hybridized carbons (Fsp3) is 0.650. The number of nitrogens with two attached hydrogens (primary N) is 2. The maximum atomic E-state index is 12.7. The first-order valence-corrected chi connectivity index (χ1v) is 12.3. The van der Waals surface area contributed by atoms with E-state index in [4.69, 9.17) is 30.0 Å². The van der Waals surface area contributed by atoms with Crippen molar-refractivity contribution in [2.24, 2.45) is 5.73 Å². The molecule has 0 bridgehead atoms. The first-order valence-electron chi connectivity index (χ1n) is 10.7. The number of aliphatic hydroxyl groups excluding tert-OH is 2. The molecule has 34 heavy (non-hydrogen) atoms. The Kier molecular flexibility index (Phi) is 6.05. The average molecular weight is 499 g/mol. The highest BCUT2D eigenvalue weighted by molar-refractivity contribution is 7.61. The molecule has 4 heterocycles. The van der Waals surface area contributed by atoms with Crippen LogP contribution in [0.4, 0.5) is 5.82 Å². The third kappa shape index (κ3) is 4.33. The number of amides is 1. The number of hydrogen-bond acceptors (Lipinski definition) is 11. The van der Waals surface area contributed by atoms with E-state index < -0.39 is 49.0 Å². The van der Waals surface area contributed by atoms with Gasteiger partial charge in [0.05, 0.1) is 29.8 Å². The number of fused-ring (bicyclic) bond motifs is 1. The van der Waals surface area contributed by atoms with E-state index in [1.807, 2.05) is 0 Å². The highest BCUT2D eigenvalue weighted by Gasteiger charge is 2.68. The number of hydrogen-bond donors (Lipinski definition) is 4. The van der Waals surface area contributed by atoms with Crippen LogP contribution in [0.25, 0.3) is 11.0 Å². The molecule has 1 amide bonds. The van der Waals surface area contributed by atoms with Gasteiger partial charge in [0.1, 0.15) is 35.6 Å². The summed E-state index contributed by atoms with van der Waals surface area (Å²) < 4.78 is 36.5. The highest BCUT2D eigenvalue weighted by atomic mass is 31.2. The molecule has 2 fully saturated rings. The zero-order chi connectivity index (χ0) is 25.2. The summed E-state index contributed by atoms with van der Waals surface area (Å²) in [6.45, 7) is 8.37. The van der Waals surface area contributed by atoms with Crippen LogP contribution in [0.5, 0.6) is 0 Å². The summed E-state index contributed by atoms with van der Waals surface area (Å²) in [5, 5.41) is 20.4. The first-order chi connectivity index (χ1) is 15.7. The van der Waals surface area contributed by atoms with Crippen molar-refractivity contribution in [3.05, 3.63) is 17.6 Å². The SMILES string of the molecule is Cc1nc(N)c2c(C(N)=O)cn(C3OC(COCC4(C)OP4(=O)OC(C)(C)C)C(O)C3O)c2n1. The Bertz CT molecular complexity index is 1180. The molecule has 0 aliphatic carbocycles. The van der Waals surface area contributed by atoms with Crippen LogP contribution < -0.4 is 11.5 Å². The van der Waals surface area contributed by atoms with Crippen molar-refractivity contribution < 1.29 is 38.1 Å². The van der Waals surface area contributed by atoms with Crippen LogP contribution in [0.1, 0.15) is 50.1 Å². The van der Waals surface area contributed by atoms with Crippen LogP contribution >= 0.6 is 7.60 Å². The molecule has 0 spiro atoms. The molecular formula is C20H30N5O8P. The topological polar surface area (TPSA) is 198 Å². The predicted octanol–water partition coefficient (Wildman–Crippen LogP) is 0.811. The lowest BCUT2D eigenvalue weighted by Gasteiger charge is -2.19. The van der Waals surface area contributed by atoms with E-state index >= 15 is 0 Å². The van der Waals surface area contributed by atoms with Crippen molar-refractivity contribution in [3.8, 4) is 0 Å². The van der Waals surface area contributed by atoms with E-state index in [-0.39, 0.29) is 35.6 Å². The average Bonchev–Trinajstić information content (AvgIpc) is 2.96. The molecule has 6 N–H and O–H groups in total. The van der Waals surface area contributed by atoms with Crippen molar-refractivity contribution in [2.45, 2.75) is 70.1 Å². The molecule has 0 aromatic carbocycles. The van der Waals surface area contributed by atoms with Gasteiger partial charge in [0.15, 0.2) is 11.6 Å². The second-order valence-corrected chi connectivity index (χ2v) is 12.0. The molecule has 0 radical (unpaired) electrons. The van der Waals surface area contributed by atoms with E-state index in [9.17, 15) is 19.6 Å². The standard InChI is InChI=1S/C20H30N5O8P/c1-9-23-15(21)12-10(16(22)28)6-25(17(12)24-9)18-14(27)13(26)11(31-18)7-30-8-20(5)33-34(20,29)32-19(2,3)4/h6,11,13-14,18,26-27H,7-8H2,1-5H3,(H2,22,28)(H2,21,23,24). The summed E-state index contributed by atoms with van der Waals surface area (Å²) in [6, 6.07) is 0. The Morgan fingerprint density at radius 2 is 2.00 bits per heavy atom. The number of nitrogen functional groups attached to an aromatic ring is 1. The number of rotatable bonds is 7. The van der Waals surface area contributed by atoms with Crippen LogP contribution in [0.3, 0.4) is 0 Å². The fourth-order valence-electron chi connectivity index (χ4n) is 3.95. The lowest BCUT2D eigenvalue weighted by Crippen LogP contribution is -2.34. The minimum Gasteiger partial charge on any atom is -0.387 e. The van der Waals surface area contributed by atoms with Crippen molar-refractivity contribution in [2.75, 3.05) is 18.9 Å². The number of carbonyl (C=O) groups is 1. The van der Waals surface area contributed by atoms with E-state index in [0.717, 1.165) is 0 Å². The summed E-state index contributed by atoms with van der Waals surface area (Å²) >= 11 is 0.